The first-order chi connectivity index (χ1) is 6.58. The quantitative estimate of drug-likeness (QED) is 0.672. The Hall–Kier alpha value is -0.850. The number of aliphatic carboxylic acids is 1. The minimum atomic E-state index is -0.922. The molecule has 0 amide bonds. The molecular weight excluding hydrogens is 299 g/mol. The van der Waals surface area contributed by atoms with Gasteiger partial charge in [0.2, 0.25) is 0 Å². The first kappa shape index (κ1) is 11.2. The van der Waals surface area contributed by atoms with Crippen molar-refractivity contribution >= 4 is 30.5 Å². The SMILES string of the molecule is C/C(=C/C(=O)O)[Te]c1ccc(F)cc1. The Morgan fingerprint density at radius 2 is 2.00 bits per heavy atom. The van der Waals surface area contributed by atoms with Gasteiger partial charge in [-0.05, 0) is 0 Å². The molecule has 0 aliphatic rings. The maximum absolute atomic E-state index is 12.5. The van der Waals surface area contributed by atoms with Gasteiger partial charge in [-0.3, -0.25) is 0 Å². The second kappa shape index (κ2) is 5.14. The van der Waals surface area contributed by atoms with Crippen LogP contribution in [0.3, 0.4) is 0 Å². The molecule has 1 rings (SSSR count). The van der Waals surface area contributed by atoms with Crippen molar-refractivity contribution < 1.29 is 14.3 Å². The number of benzene rings is 1. The van der Waals surface area contributed by atoms with E-state index in [1.807, 2.05) is 0 Å². The molecular formula is C10H9FO2Te. The van der Waals surface area contributed by atoms with Crippen LogP contribution in [0.4, 0.5) is 4.39 Å². The summed E-state index contributed by atoms with van der Waals surface area (Å²) in [7, 11) is 0. The fraction of sp³-hybridized carbons (Fsp3) is 0.100. The molecule has 4 heteroatoms. The Kier molecular flexibility index (Phi) is 4.12. The van der Waals surface area contributed by atoms with E-state index in [0.717, 1.165) is 7.23 Å². The monoisotopic (exact) mass is 310 g/mol. The van der Waals surface area contributed by atoms with Gasteiger partial charge in [0.15, 0.2) is 0 Å². The van der Waals surface area contributed by atoms with Crippen molar-refractivity contribution in [3.05, 3.63) is 39.8 Å². The van der Waals surface area contributed by atoms with Crippen LogP contribution in [0.25, 0.3) is 0 Å². The standard InChI is InChI=1S/C10H9FO2Te/c1-7(6-10(12)13)14-9-4-2-8(11)3-5-9/h2-6H,1H3,(H,12,13)/b7-6-. The predicted octanol–water partition coefficient (Wildman–Crippen LogP) is 1.14. The summed E-state index contributed by atoms with van der Waals surface area (Å²) >= 11 is -0.651. The molecule has 14 heavy (non-hydrogen) atoms. The van der Waals surface area contributed by atoms with Crippen LogP contribution in [-0.2, 0) is 4.79 Å². The molecule has 0 bridgehead atoms. The molecule has 74 valence electrons. The molecule has 0 aliphatic carbocycles. The molecule has 0 aliphatic heterocycles. The zero-order valence-electron chi connectivity index (χ0n) is 7.53. The summed E-state index contributed by atoms with van der Waals surface area (Å²) in [5.41, 5.74) is 0. The normalized spacial score (nSPS) is 11.4. The first-order valence-electron chi connectivity index (χ1n) is 3.92. The minimum absolute atomic E-state index is 0.263. The van der Waals surface area contributed by atoms with Gasteiger partial charge in [-0.25, -0.2) is 0 Å². The summed E-state index contributed by atoms with van der Waals surface area (Å²) in [6.07, 6.45) is 1.21. The van der Waals surface area contributed by atoms with Crippen molar-refractivity contribution in [2.45, 2.75) is 6.92 Å². The van der Waals surface area contributed by atoms with E-state index < -0.39 is 26.9 Å². The summed E-state index contributed by atoms with van der Waals surface area (Å²) in [6.45, 7) is 1.79. The number of allylic oxidation sites excluding steroid dienone is 1. The molecule has 0 spiro atoms. The summed E-state index contributed by atoms with van der Waals surface area (Å²) < 4.78 is 14.4. The van der Waals surface area contributed by atoms with Crippen molar-refractivity contribution in [1.29, 1.82) is 0 Å². The number of halogens is 1. The number of rotatable bonds is 3. The molecule has 2 nitrogen and oxygen atoms in total. The topological polar surface area (TPSA) is 37.3 Å². The van der Waals surface area contributed by atoms with Crippen LogP contribution < -0.4 is 3.61 Å². The average molecular weight is 308 g/mol. The van der Waals surface area contributed by atoms with Gasteiger partial charge in [-0.2, -0.15) is 0 Å². The van der Waals surface area contributed by atoms with Crippen molar-refractivity contribution in [2.75, 3.05) is 0 Å². The van der Waals surface area contributed by atoms with Crippen molar-refractivity contribution in [2.24, 2.45) is 0 Å². The van der Waals surface area contributed by atoms with Crippen LogP contribution in [0, 0.1) is 5.82 Å². The summed E-state index contributed by atoms with van der Waals surface area (Å²) in [5, 5.41) is 8.49. The Labute approximate surface area is 91.5 Å². The maximum atomic E-state index is 12.5. The van der Waals surface area contributed by atoms with Gasteiger partial charge in [-0.15, -0.1) is 0 Å². The molecule has 1 N–H and O–H groups in total. The number of carboxylic acids is 1. The van der Waals surface area contributed by atoms with Crippen molar-refractivity contribution in [3.8, 4) is 0 Å². The third-order valence-corrected chi connectivity index (χ3v) is 4.12. The van der Waals surface area contributed by atoms with Crippen LogP contribution in [0.15, 0.2) is 34.0 Å². The average Bonchev–Trinajstić information content (AvgIpc) is 2.07. The van der Waals surface area contributed by atoms with E-state index >= 15 is 0 Å². The molecule has 0 fully saturated rings. The second-order valence-corrected chi connectivity index (χ2v) is 6.42. The van der Waals surface area contributed by atoms with Gasteiger partial charge in [0.05, 0.1) is 0 Å². The van der Waals surface area contributed by atoms with Crippen LogP contribution in [0.2, 0.25) is 0 Å². The van der Waals surface area contributed by atoms with E-state index in [1.54, 1.807) is 19.1 Å². The fourth-order valence-corrected chi connectivity index (χ4v) is 3.19. The molecule has 0 heterocycles. The van der Waals surface area contributed by atoms with Gasteiger partial charge >= 0.3 is 91.5 Å². The summed E-state index contributed by atoms with van der Waals surface area (Å²) in [4.78, 5) is 10.3. The number of carbonyl (C=O) groups is 1. The summed E-state index contributed by atoms with van der Waals surface area (Å²) in [6, 6.07) is 6.20. The first-order valence-corrected chi connectivity index (χ1v) is 6.25. The fourth-order valence-electron chi connectivity index (χ4n) is 0.892. The second-order valence-electron chi connectivity index (χ2n) is 2.65. The molecule has 0 saturated heterocycles. The Bertz CT molecular complexity index is 357. The third-order valence-electron chi connectivity index (χ3n) is 1.42. The van der Waals surface area contributed by atoms with Gasteiger partial charge in [0.1, 0.15) is 0 Å². The Morgan fingerprint density at radius 1 is 1.43 bits per heavy atom. The molecule has 0 aromatic heterocycles. The number of hydrogen-bond donors (Lipinski definition) is 1. The molecule has 1 aromatic carbocycles. The zero-order valence-corrected chi connectivity index (χ0v) is 9.86. The van der Waals surface area contributed by atoms with Crippen molar-refractivity contribution in [3.63, 3.8) is 0 Å². The zero-order chi connectivity index (χ0) is 10.6. The van der Waals surface area contributed by atoms with Gasteiger partial charge in [0.25, 0.3) is 0 Å². The van der Waals surface area contributed by atoms with E-state index in [4.69, 9.17) is 5.11 Å². The van der Waals surface area contributed by atoms with E-state index in [9.17, 15) is 9.18 Å². The van der Waals surface area contributed by atoms with Crippen LogP contribution in [0.5, 0.6) is 0 Å². The molecule has 0 atom stereocenters. The Balaban J connectivity index is 2.69. The van der Waals surface area contributed by atoms with Crippen LogP contribution >= 0.6 is 0 Å². The van der Waals surface area contributed by atoms with E-state index in [0.29, 0.717) is 0 Å². The van der Waals surface area contributed by atoms with Gasteiger partial charge in [-0.1, -0.05) is 0 Å². The van der Waals surface area contributed by atoms with Crippen LogP contribution in [-0.4, -0.2) is 32.0 Å². The number of carboxylic acid groups (broad SMARTS) is 1. The molecule has 0 unspecified atom stereocenters. The Morgan fingerprint density at radius 3 is 2.50 bits per heavy atom. The molecule has 0 radical (unpaired) electrons. The van der Waals surface area contributed by atoms with Crippen LogP contribution in [0.1, 0.15) is 6.92 Å². The van der Waals surface area contributed by atoms with E-state index in [2.05, 4.69) is 0 Å². The molecule has 1 aromatic rings. The van der Waals surface area contributed by atoms with Gasteiger partial charge in [0, 0.05) is 0 Å². The third kappa shape index (κ3) is 3.91. The van der Waals surface area contributed by atoms with E-state index in [-0.39, 0.29) is 5.82 Å². The van der Waals surface area contributed by atoms with Gasteiger partial charge < -0.3 is 0 Å². The van der Waals surface area contributed by atoms with Crippen molar-refractivity contribution in [1.82, 2.24) is 0 Å². The predicted molar refractivity (Wildman–Crippen MR) is 53.2 cm³/mol. The summed E-state index contributed by atoms with van der Waals surface area (Å²) in [5.74, 6) is -1.18. The van der Waals surface area contributed by atoms with E-state index in [1.165, 1.54) is 18.2 Å². The number of hydrogen-bond acceptors (Lipinski definition) is 1. The molecule has 0 saturated carbocycles.